The molecule has 0 spiro atoms. The second-order valence-electron chi connectivity index (χ2n) is 4.02. The van der Waals surface area contributed by atoms with E-state index in [0.29, 0.717) is 30.2 Å². The van der Waals surface area contributed by atoms with Crippen molar-refractivity contribution in [2.45, 2.75) is 6.54 Å². The number of nitrogens with one attached hydrogen (secondary N) is 2. The minimum Gasteiger partial charge on any atom is -0.302 e. The number of nitrogens with zero attached hydrogens (tertiary/aromatic N) is 4. The Morgan fingerprint density at radius 1 is 1.24 bits per heavy atom. The van der Waals surface area contributed by atoms with Crippen LogP contribution in [-0.4, -0.2) is 25.2 Å². The number of imidazole rings is 1. The largest absolute Gasteiger partial charge is 0.332 e. The van der Waals surface area contributed by atoms with Crippen molar-refractivity contribution >= 4 is 17.1 Å². The quantitative estimate of drug-likeness (QED) is 0.573. The zero-order chi connectivity index (χ0) is 12.2. The first-order chi connectivity index (χ1) is 8.11. The van der Waals surface area contributed by atoms with Crippen molar-refractivity contribution in [2.75, 3.05) is 12.0 Å². The van der Waals surface area contributed by atoms with Gasteiger partial charge in [-0.25, -0.2) is 10.2 Å². The number of fused-ring (bicyclic) bond motifs is 3. The van der Waals surface area contributed by atoms with Crippen molar-refractivity contribution < 1.29 is 0 Å². The second-order valence-corrected chi connectivity index (χ2v) is 4.02. The third-order valence-electron chi connectivity index (χ3n) is 3.01. The monoisotopic (exact) mass is 236 g/mol. The summed E-state index contributed by atoms with van der Waals surface area (Å²) in [5.41, 5.74) is 6.00. The van der Waals surface area contributed by atoms with Crippen molar-refractivity contribution in [1.82, 2.24) is 24.1 Å². The van der Waals surface area contributed by atoms with Crippen molar-refractivity contribution in [1.29, 1.82) is 0 Å². The average molecular weight is 236 g/mol. The fourth-order valence-electron chi connectivity index (χ4n) is 2.07. The standard InChI is InChI=1S/C9H12N6O2/c1-13-6-5(7(16)14(2)9(13)17)15-4-3-10-12-8(15)11-6/h10H,3-4H2,1-2H3,(H,11,12). The predicted molar refractivity (Wildman–Crippen MR) is 61.8 cm³/mol. The van der Waals surface area contributed by atoms with Crippen molar-refractivity contribution in [3.05, 3.63) is 20.8 Å². The van der Waals surface area contributed by atoms with E-state index < -0.39 is 0 Å². The lowest BCUT2D eigenvalue weighted by molar-refractivity contribution is 0.601. The third-order valence-corrected chi connectivity index (χ3v) is 3.01. The molecule has 2 aromatic rings. The van der Waals surface area contributed by atoms with Gasteiger partial charge in [0.2, 0.25) is 5.95 Å². The molecule has 8 heteroatoms. The fraction of sp³-hybridized carbons (Fsp3) is 0.444. The molecule has 0 saturated heterocycles. The highest BCUT2D eigenvalue weighted by Gasteiger charge is 2.20. The van der Waals surface area contributed by atoms with Gasteiger partial charge in [-0.1, -0.05) is 0 Å². The predicted octanol–water partition coefficient (Wildman–Crippen LogP) is -1.64. The lowest BCUT2D eigenvalue weighted by atomic mass is 10.4. The van der Waals surface area contributed by atoms with Gasteiger partial charge in [-0.3, -0.25) is 19.4 Å². The van der Waals surface area contributed by atoms with Gasteiger partial charge in [-0.2, -0.15) is 4.98 Å². The summed E-state index contributed by atoms with van der Waals surface area (Å²) in [5.74, 6) is 0.560. The molecule has 0 amide bonds. The molecule has 0 bridgehead atoms. The second kappa shape index (κ2) is 3.20. The molecule has 8 nitrogen and oxygen atoms in total. The number of rotatable bonds is 0. The van der Waals surface area contributed by atoms with E-state index in [4.69, 9.17) is 0 Å². The zero-order valence-electron chi connectivity index (χ0n) is 9.52. The Morgan fingerprint density at radius 2 is 2.00 bits per heavy atom. The van der Waals surface area contributed by atoms with Crippen molar-refractivity contribution in [3.63, 3.8) is 0 Å². The Bertz CT molecular complexity index is 722. The van der Waals surface area contributed by atoms with Crippen LogP contribution >= 0.6 is 0 Å². The van der Waals surface area contributed by atoms with Crippen LogP contribution in [0.5, 0.6) is 0 Å². The Balaban J connectivity index is 2.56. The van der Waals surface area contributed by atoms with Gasteiger partial charge in [-0.15, -0.1) is 0 Å². The molecule has 0 aromatic carbocycles. The molecular formula is C9H12N6O2. The summed E-state index contributed by atoms with van der Waals surface area (Å²) in [6.45, 7) is 1.34. The molecule has 3 rings (SSSR count). The zero-order valence-corrected chi connectivity index (χ0v) is 9.52. The molecule has 2 aromatic heterocycles. The summed E-state index contributed by atoms with van der Waals surface area (Å²) >= 11 is 0. The van der Waals surface area contributed by atoms with Gasteiger partial charge in [0, 0.05) is 27.2 Å². The maximum absolute atomic E-state index is 12.1. The van der Waals surface area contributed by atoms with Crippen LogP contribution in [0, 0.1) is 0 Å². The first kappa shape index (κ1) is 10.1. The molecule has 0 fully saturated rings. The summed E-state index contributed by atoms with van der Waals surface area (Å²) in [4.78, 5) is 28.1. The Hall–Kier alpha value is -2.09. The highest BCUT2D eigenvalue weighted by molar-refractivity contribution is 5.74. The molecule has 0 saturated carbocycles. The number of hydrogen-bond acceptors (Lipinski definition) is 5. The highest BCUT2D eigenvalue weighted by Crippen LogP contribution is 2.15. The minimum absolute atomic E-state index is 0.314. The van der Waals surface area contributed by atoms with Gasteiger partial charge >= 0.3 is 5.69 Å². The average Bonchev–Trinajstić information content (AvgIpc) is 2.73. The van der Waals surface area contributed by atoms with E-state index in [1.54, 1.807) is 11.6 Å². The minimum atomic E-state index is -0.370. The molecule has 0 aliphatic carbocycles. The third kappa shape index (κ3) is 1.18. The molecular weight excluding hydrogens is 224 g/mol. The molecule has 17 heavy (non-hydrogen) atoms. The molecule has 1 aliphatic heterocycles. The van der Waals surface area contributed by atoms with Gasteiger partial charge in [0.15, 0.2) is 11.2 Å². The van der Waals surface area contributed by atoms with Crippen molar-refractivity contribution in [3.8, 4) is 0 Å². The van der Waals surface area contributed by atoms with Crippen LogP contribution < -0.4 is 22.1 Å². The van der Waals surface area contributed by atoms with E-state index in [2.05, 4.69) is 15.8 Å². The van der Waals surface area contributed by atoms with Gasteiger partial charge in [0.1, 0.15) is 0 Å². The van der Waals surface area contributed by atoms with Crippen LogP contribution in [0.3, 0.4) is 0 Å². The maximum atomic E-state index is 12.1. The first-order valence-corrected chi connectivity index (χ1v) is 5.26. The van der Waals surface area contributed by atoms with E-state index in [-0.39, 0.29) is 11.2 Å². The number of hydrazine groups is 1. The first-order valence-electron chi connectivity index (χ1n) is 5.26. The topological polar surface area (TPSA) is 85.9 Å². The van der Waals surface area contributed by atoms with Crippen LogP contribution in [0.25, 0.3) is 11.2 Å². The molecule has 2 N–H and O–H groups in total. The summed E-state index contributed by atoms with van der Waals surface area (Å²) < 4.78 is 4.26. The van der Waals surface area contributed by atoms with E-state index >= 15 is 0 Å². The fourth-order valence-corrected chi connectivity index (χ4v) is 2.07. The van der Waals surface area contributed by atoms with Crippen LogP contribution in [0.15, 0.2) is 9.59 Å². The van der Waals surface area contributed by atoms with E-state index in [0.717, 1.165) is 4.57 Å². The summed E-state index contributed by atoms with van der Waals surface area (Å²) in [7, 11) is 3.08. The van der Waals surface area contributed by atoms with Gasteiger partial charge in [0.25, 0.3) is 5.56 Å². The summed E-state index contributed by atoms with van der Waals surface area (Å²) in [6.07, 6.45) is 0. The van der Waals surface area contributed by atoms with E-state index in [1.165, 1.54) is 11.6 Å². The molecule has 90 valence electrons. The van der Waals surface area contributed by atoms with E-state index in [9.17, 15) is 9.59 Å². The smallest absolute Gasteiger partial charge is 0.302 e. The molecule has 0 atom stereocenters. The molecule has 0 radical (unpaired) electrons. The van der Waals surface area contributed by atoms with Crippen molar-refractivity contribution in [2.24, 2.45) is 14.1 Å². The number of hydrogen-bond donors (Lipinski definition) is 2. The SMILES string of the molecule is Cn1c(=O)c2c(nc3n2CCNN3)n(C)c1=O. The normalized spacial score (nSPS) is 14.7. The number of aryl methyl sites for hydroxylation is 1. The van der Waals surface area contributed by atoms with Crippen LogP contribution in [-0.2, 0) is 20.6 Å². The Kier molecular flexibility index (Phi) is 1.90. The highest BCUT2D eigenvalue weighted by atomic mass is 16.2. The maximum Gasteiger partial charge on any atom is 0.332 e. The number of aromatic nitrogens is 4. The molecule has 0 unspecified atom stereocenters. The van der Waals surface area contributed by atoms with E-state index in [1.807, 2.05) is 0 Å². The summed E-state index contributed by atoms with van der Waals surface area (Å²) in [6, 6.07) is 0. The molecule has 1 aliphatic rings. The summed E-state index contributed by atoms with van der Waals surface area (Å²) in [5, 5.41) is 0. The Labute approximate surface area is 95.5 Å². The molecule has 3 heterocycles. The van der Waals surface area contributed by atoms with Crippen LogP contribution in [0.4, 0.5) is 5.95 Å². The number of anilines is 1. The van der Waals surface area contributed by atoms with Crippen LogP contribution in [0.2, 0.25) is 0 Å². The van der Waals surface area contributed by atoms with Crippen LogP contribution in [0.1, 0.15) is 0 Å². The lowest BCUT2D eigenvalue weighted by Crippen LogP contribution is -2.38. The van der Waals surface area contributed by atoms with Gasteiger partial charge in [-0.05, 0) is 0 Å². The Morgan fingerprint density at radius 3 is 2.76 bits per heavy atom. The van der Waals surface area contributed by atoms with Gasteiger partial charge < -0.3 is 4.57 Å². The van der Waals surface area contributed by atoms with Gasteiger partial charge in [0.05, 0.1) is 0 Å². The lowest BCUT2D eigenvalue weighted by Gasteiger charge is -2.16.